The van der Waals surface area contributed by atoms with E-state index >= 15 is 0 Å². The molecule has 0 atom stereocenters. The zero-order chi connectivity index (χ0) is 16.8. The Bertz CT molecular complexity index is 674. The van der Waals surface area contributed by atoms with E-state index in [4.69, 9.17) is 0 Å². The van der Waals surface area contributed by atoms with E-state index in [9.17, 15) is 0 Å². The number of aryl methyl sites for hydroxylation is 1. The van der Waals surface area contributed by atoms with Gasteiger partial charge in [-0.25, -0.2) is 4.98 Å². The summed E-state index contributed by atoms with van der Waals surface area (Å²) in [7, 11) is 2.25. The summed E-state index contributed by atoms with van der Waals surface area (Å²) in [4.78, 5) is 6.84. The topological polar surface area (TPSA) is 40.5 Å². The molecule has 2 aromatic rings. The van der Waals surface area contributed by atoms with E-state index in [0.29, 0.717) is 0 Å². The summed E-state index contributed by atoms with van der Waals surface area (Å²) in [5, 5.41) is 7.14. The van der Waals surface area contributed by atoms with E-state index < -0.39 is 0 Å². The third kappa shape index (κ3) is 4.89. The Hall–Kier alpha value is -1.72. The van der Waals surface area contributed by atoms with Crippen molar-refractivity contribution in [3.63, 3.8) is 0 Å². The number of benzene rings is 1. The second-order valence-electron chi connectivity index (χ2n) is 6.62. The number of anilines is 1. The van der Waals surface area contributed by atoms with Crippen LogP contribution in [-0.4, -0.2) is 29.2 Å². The van der Waals surface area contributed by atoms with Crippen LogP contribution in [0.5, 0.6) is 0 Å². The highest BCUT2D eigenvalue weighted by Crippen LogP contribution is 2.23. The van der Waals surface area contributed by atoms with Gasteiger partial charge in [0.15, 0.2) is 0 Å². The fourth-order valence-electron chi connectivity index (χ4n) is 3.28. The number of rotatable bonds is 6. The first-order valence-electron chi connectivity index (χ1n) is 8.71. The molecule has 1 aliphatic carbocycles. The first-order valence-corrected chi connectivity index (χ1v) is 9.59. The summed E-state index contributed by atoms with van der Waals surface area (Å²) in [6.45, 7) is 2.99. The highest BCUT2D eigenvalue weighted by molar-refractivity contribution is 7.13. The Morgan fingerprint density at radius 3 is 2.92 bits per heavy atom. The van der Waals surface area contributed by atoms with E-state index in [1.54, 1.807) is 11.3 Å². The molecule has 0 amide bonds. The molecule has 0 radical (unpaired) electrons. The van der Waals surface area contributed by atoms with E-state index in [1.165, 1.54) is 37.7 Å². The van der Waals surface area contributed by atoms with Gasteiger partial charge in [-0.05, 0) is 44.0 Å². The van der Waals surface area contributed by atoms with Crippen molar-refractivity contribution >= 4 is 22.7 Å². The van der Waals surface area contributed by atoms with Gasteiger partial charge in [-0.3, -0.25) is 10.3 Å². The van der Waals surface area contributed by atoms with Gasteiger partial charge in [0.05, 0.1) is 11.9 Å². The lowest BCUT2D eigenvalue weighted by Gasteiger charge is -2.31. The lowest BCUT2D eigenvalue weighted by molar-refractivity contribution is 0.184. The highest BCUT2D eigenvalue weighted by atomic mass is 32.1. The summed E-state index contributed by atoms with van der Waals surface area (Å²) >= 11 is 1.57. The van der Waals surface area contributed by atoms with Crippen LogP contribution in [0.4, 0.5) is 5.13 Å². The van der Waals surface area contributed by atoms with Crippen LogP contribution in [0.2, 0.25) is 0 Å². The number of nitrogens with one attached hydrogen (secondary N) is 1. The standard InChI is InChI=1S/C19H26N4S/c1-15-14-24-19(21-15)22-20-12-16-7-6-8-17(11-16)13-23(2)18-9-4-3-5-10-18/h6-8,11-12,14,18H,3-5,9-10,13H2,1-2H3,(H,21,22). The minimum Gasteiger partial charge on any atom is -0.299 e. The summed E-state index contributed by atoms with van der Waals surface area (Å²) in [5.41, 5.74) is 6.47. The van der Waals surface area contributed by atoms with E-state index in [1.807, 2.05) is 18.5 Å². The summed E-state index contributed by atoms with van der Waals surface area (Å²) in [5.74, 6) is 0. The molecule has 1 saturated carbocycles. The third-order valence-corrected chi connectivity index (χ3v) is 5.44. The number of aromatic nitrogens is 1. The van der Waals surface area contributed by atoms with Crippen LogP contribution >= 0.6 is 11.3 Å². The molecule has 1 aromatic carbocycles. The Balaban J connectivity index is 1.57. The highest BCUT2D eigenvalue weighted by Gasteiger charge is 2.17. The Kier molecular flexibility index (Phi) is 5.99. The maximum atomic E-state index is 4.34. The number of thiazole rings is 1. The molecule has 0 spiro atoms. The van der Waals surface area contributed by atoms with E-state index in [2.05, 4.69) is 51.7 Å². The van der Waals surface area contributed by atoms with Gasteiger partial charge in [0.1, 0.15) is 0 Å². The van der Waals surface area contributed by atoms with Crippen LogP contribution in [0.1, 0.15) is 48.9 Å². The van der Waals surface area contributed by atoms with Gasteiger partial charge in [0.25, 0.3) is 0 Å². The summed E-state index contributed by atoms with van der Waals surface area (Å²) < 4.78 is 0. The monoisotopic (exact) mass is 342 g/mol. The SMILES string of the molecule is Cc1csc(NN=Cc2cccc(CN(C)C3CCCCC3)c2)n1. The molecular formula is C19H26N4S. The van der Waals surface area contributed by atoms with Crippen molar-refractivity contribution in [2.45, 2.75) is 51.6 Å². The van der Waals surface area contributed by atoms with Gasteiger partial charge in [0.2, 0.25) is 5.13 Å². The smallest absolute Gasteiger partial charge is 0.203 e. The molecule has 0 saturated heterocycles. The normalized spacial score (nSPS) is 16.1. The Morgan fingerprint density at radius 1 is 1.33 bits per heavy atom. The number of hydrogen-bond acceptors (Lipinski definition) is 5. The maximum absolute atomic E-state index is 4.34. The predicted octanol–water partition coefficient (Wildman–Crippen LogP) is 4.66. The van der Waals surface area contributed by atoms with Crippen molar-refractivity contribution in [3.05, 3.63) is 46.5 Å². The third-order valence-electron chi connectivity index (χ3n) is 4.57. The van der Waals surface area contributed by atoms with Crippen molar-refractivity contribution in [1.29, 1.82) is 0 Å². The van der Waals surface area contributed by atoms with Gasteiger partial charge in [0, 0.05) is 18.0 Å². The second kappa shape index (κ2) is 8.40. The van der Waals surface area contributed by atoms with Crippen molar-refractivity contribution in [1.82, 2.24) is 9.88 Å². The minimum atomic E-state index is 0.742. The quantitative estimate of drug-likeness (QED) is 0.613. The number of hydrogen-bond donors (Lipinski definition) is 1. The van der Waals surface area contributed by atoms with Crippen molar-refractivity contribution < 1.29 is 0 Å². The van der Waals surface area contributed by atoms with Crippen molar-refractivity contribution in [2.24, 2.45) is 5.10 Å². The lowest BCUT2D eigenvalue weighted by atomic mass is 9.94. The number of hydrazone groups is 1. The molecule has 0 unspecified atom stereocenters. The van der Waals surface area contributed by atoms with Crippen molar-refractivity contribution in [2.75, 3.05) is 12.5 Å². The Morgan fingerprint density at radius 2 is 2.17 bits per heavy atom. The Labute approximate surface area is 148 Å². The van der Waals surface area contributed by atoms with Crippen molar-refractivity contribution in [3.8, 4) is 0 Å². The van der Waals surface area contributed by atoms with Crippen LogP contribution in [-0.2, 0) is 6.54 Å². The molecule has 1 N–H and O–H groups in total. The van der Waals surface area contributed by atoms with Gasteiger partial charge in [-0.15, -0.1) is 11.3 Å². The van der Waals surface area contributed by atoms with Crippen LogP contribution in [0.3, 0.4) is 0 Å². The average molecular weight is 343 g/mol. The summed E-state index contributed by atoms with van der Waals surface area (Å²) in [6, 6.07) is 9.36. The van der Waals surface area contributed by atoms with Crippen LogP contribution in [0, 0.1) is 6.92 Å². The van der Waals surface area contributed by atoms with Crippen LogP contribution < -0.4 is 5.43 Å². The van der Waals surface area contributed by atoms with E-state index in [0.717, 1.165) is 29.0 Å². The largest absolute Gasteiger partial charge is 0.299 e. The van der Waals surface area contributed by atoms with Gasteiger partial charge in [-0.1, -0.05) is 37.5 Å². The average Bonchev–Trinajstić information content (AvgIpc) is 3.01. The minimum absolute atomic E-state index is 0.742. The van der Waals surface area contributed by atoms with Crippen LogP contribution in [0.15, 0.2) is 34.7 Å². The second-order valence-corrected chi connectivity index (χ2v) is 7.47. The fourth-order valence-corrected chi connectivity index (χ4v) is 3.92. The first kappa shape index (κ1) is 17.1. The van der Waals surface area contributed by atoms with Crippen LogP contribution in [0.25, 0.3) is 0 Å². The van der Waals surface area contributed by atoms with Gasteiger partial charge < -0.3 is 0 Å². The molecule has 5 heteroatoms. The van der Waals surface area contributed by atoms with Gasteiger partial charge >= 0.3 is 0 Å². The fraction of sp³-hybridized carbons (Fsp3) is 0.474. The zero-order valence-corrected chi connectivity index (χ0v) is 15.4. The molecule has 0 bridgehead atoms. The molecule has 24 heavy (non-hydrogen) atoms. The molecule has 1 fully saturated rings. The van der Waals surface area contributed by atoms with E-state index in [-0.39, 0.29) is 0 Å². The molecular weight excluding hydrogens is 316 g/mol. The molecule has 1 aromatic heterocycles. The lowest BCUT2D eigenvalue weighted by Crippen LogP contribution is -2.32. The molecule has 4 nitrogen and oxygen atoms in total. The molecule has 128 valence electrons. The first-order chi connectivity index (χ1) is 11.7. The van der Waals surface area contributed by atoms with Gasteiger partial charge in [-0.2, -0.15) is 5.10 Å². The maximum Gasteiger partial charge on any atom is 0.203 e. The summed E-state index contributed by atoms with van der Waals surface area (Å²) in [6.07, 6.45) is 8.71. The predicted molar refractivity (Wildman–Crippen MR) is 103 cm³/mol. The molecule has 3 rings (SSSR count). The zero-order valence-electron chi connectivity index (χ0n) is 14.5. The molecule has 1 heterocycles. The molecule has 1 aliphatic rings. The molecule has 0 aliphatic heterocycles. The number of nitrogens with zero attached hydrogens (tertiary/aromatic N) is 3.